The first kappa shape index (κ1) is 14.7. The highest BCUT2D eigenvalue weighted by Crippen LogP contribution is 2.07. The number of nitrogens with one attached hydrogen (secondary N) is 1. The van der Waals surface area contributed by atoms with Gasteiger partial charge in [0.05, 0.1) is 0 Å². The molecule has 0 spiro atoms. The molecule has 2 heteroatoms. The standard InChI is InChI=1S/C13H27NO/c1-5-10-15-11-9-13(14-6-2)8-7-12(3)4/h13-14H,3,5-11H2,1-2,4H3. The highest BCUT2D eigenvalue weighted by atomic mass is 16.5. The Morgan fingerprint density at radius 2 is 2.00 bits per heavy atom. The third kappa shape index (κ3) is 9.95. The Bertz CT molecular complexity index is 157. The Labute approximate surface area is 95.1 Å². The maximum absolute atomic E-state index is 5.50. The van der Waals surface area contributed by atoms with Crippen LogP contribution < -0.4 is 5.32 Å². The molecule has 0 saturated heterocycles. The van der Waals surface area contributed by atoms with Crippen LogP contribution in [0.4, 0.5) is 0 Å². The summed E-state index contributed by atoms with van der Waals surface area (Å²) in [5.74, 6) is 0. The van der Waals surface area contributed by atoms with Crippen LogP contribution in [0.1, 0.15) is 46.5 Å². The lowest BCUT2D eigenvalue weighted by Gasteiger charge is -2.17. The van der Waals surface area contributed by atoms with Crippen molar-refractivity contribution in [3.8, 4) is 0 Å². The minimum Gasteiger partial charge on any atom is -0.381 e. The number of rotatable bonds is 10. The van der Waals surface area contributed by atoms with Gasteiger partial charge in [0.25, 0.3) is 0 Å². The smallest absolute Gasteiger partial charge is 0.0480 e. The molecule has 0 amide bonds. The first-order valence-electron chi connectivity index (χ1n) is 6.16. The number of allylic oxidation sites excluding steroid dienone is 1. The average molecular weight is 213 g/mol. The third-order valence-corrected chi connectivity index (χ3v) is 2.37. The van der Waals surface area contributed by atoms with E-state index in [-0.39, 0.29) is 0 Å². The molecular weight excluding hydrogens is 186 g/mol. The minimum atomic E-state index is 0.587. The van der Waals surface area contributed by atoms with Gasteiger partial charge in [-0.25, -0.2) is 0 Å². The summed E-state index contributed by atoms with van der Waals surface area (Å²) in [4.78, 5) is 0. The van der Waals surface area contributed by atoms with Crippen LogP contribution in [0.15, 0.2) is 12.2 Å². The maximum Gasteiger partial charge on any atom is 0.0480 e. The van der Waals surface area contributed by atoms with Gasteiger partial charge in [-0.15, -0.1) is 6.58 Å². The lowest BCUT2D eigenvalue weighted by Crippen LogP contribution is -2.30. The van der Waals surface area contributed by atoms with Gasteiger partial charge in [-0.05, 0) is 39.2 Å². The Hall–Kier alpha value is -0.340. The Balaban J connectivity index is 3.57. The molecule has 0 saturated carbocycles. The fourth-order valence-electron chi connectivity index (χ4n) is 1.53. The number of hydrogen-bond acceptors (Lipinski definition) is 2. The second kappa shape index (κ2) is 10.2. The molecule has 0 heterocycles. The van der Waals surface area contributed by atoms with Crippen molar-refractivity contribution in [2.45, 2.75) is 52.5 Å². The van der Waals surface area contributed by atoms with Gasteiger partial charge in [-0.2, -0.15) is 0 Å². The van der Waals surface area contributed by atoms with Crippen molar-refractivity contribution in [3.63, 3.8) is 0 Å². The summed E-state index contributed by atoms with van der Waals surface area (Å²) in [7, 11) is 0. The minimum absolute atomic E-state index is 0.587. The van der Waals surface area contributed by atoms with Crippen molar-refractivity contribution < 1.29 is 4.74 Å². The van der Waals surface area contributed by atoms with Crippen molar-refractivity contribution in [2.75, 3.05) is 19.8 Å². The van der Waals surface area contributed by atoms with Gasteiger partial charge < -0.3 is 10.1 Å². The maximum atomic E-state index is 5.50. The first-order valence-corrected chi connectivity index (χ1v) is 6.16. The van der Waals surface area contributed by atoms with Crippen molar-refractivity contribution >= 4 is 0 Å². The van der Waals surface area contributed by atoms with Crippen molar-refractivity contribution in [1.29, 1.82) is 0 Å². The molecule has 0 aliphatic carbocycles. The fraction of sp³-hybridized carbons (Fsp3) is 0.846. The van der Waals surface area contributed by atoms with Crippen molar-refractivity contribution in [3.05, 3.63) is 12.2 Å². The van der Waals surface area contributed by atoms with Gasteiger partial charge in [0, 0.05) is 19.3 Å². The molecule has 0 aromatic rings. The van der Waals surface area contributed by atoms with Crippen LogP contribution in [0, 0.1) is 0 Å². The second-order valence-electron chi connectivity index (χ2n) is 4.15. The van der Waals surface area contributed by atoms with E-state index in [1.165, 1.54) is 12.0 Å². The molecule has 1 N–H and O–H groups in total. The molecule has 0 aromatic carbocycles. The van der Waals surface area contributed by atoms with Crippen molar-refractivity contribution in [1.82, 2.24) is 5.32 Å². The van der Waals surface area contributed by atoms with E-state index in [2.05, 4.69) is 32.7 Å². The molecule has 0 rings (SSSR count). The van der Waals surface area contributed by atoms with Crippen LogP contribution in [0.5, 0.6) is 0 Å². The van der Waals surface area contributed by atoms with E-state index >= 15 is 0 Å². The molecule has 0 aromatic heterocycles. The fourth-order valence-corrected chi connectivity index (χ4v) is 1.53. The lowest BCUT2D eigenvalue weighted by atomic mass is 10.1. The highest BCUT2D eigenvalue weighted by Gasteiger charge is 2.06. The quantitative estimate of drug-likeness (QED) is 0.444. The predicted molar refractivity (Wildman–Crippen MR) is 67.2 cm³/mol. The van der Waals surface area contributed by atoms with E-state index in [4.69, 9.17) is 4.74 Å². The molecular formula is C13H27NO. The van der Waals surface area contributed by atoms with Crippen LogP contribution in [-0.4, -0.2) is 25.8 Å². The lowest BCUT2D eigenvalue weighted by molar-refractivity contribution is 0.124. The van der Waals surface area contributed by atoms with Gasteiger partial charge in [0.1, 0.15) is 0 Å². The van der Waals surface area contributed by atoms with Crippen molar-refractivity contribution in [2.24, 2.45) is 0 Å². The van der Waals surface area contributed by atoms with E-state index in [0.717, 1.165) is 39.0 Å². The molecule has 0 bridgehead atoms. The summed E-state index contributed by atoms with van der Waals surface area (Å²) in [6.07, 6.45) is 4.52. The SMILES string of the molecule is C=C(C)CCC(CCOCCC)NCC. The second-order valence-corrected chi connectivity index (χ2v) is 4.15. The van der Waals surface area contributed by atoms with E-state index in [9.17, 15) is 0 Å². The van der Waals surface area contributed by atoms with E-state index in [1.807, 2.05) is 0 Å². The summed E-state index contributed by atoms with van der Waals surface area (Å²) >= 11 is 0. The van der Waals surface area contributed by atoms with Gasteiger partial charge in [-0.1, -0.05) is 19.4 Å². The van der Waals surface area contributed by atoms with E-state index in [0.29, 0.717) is 6.04 Å². The molecule has 0 fully saturated rings. The molecule has 15 heavy (non-hydrogen) atoms. The monoisotopic (exact) mass is 213 g/mol. The van der Waals surface area contributed by atoms with Gasteiger partial charge in [0.15, 0.2) is 0 Å². The topological polar surface area (TPSA) is 21.3 Å². The van der Waals surface area contributed by atoms with Gasteiger partial charge in [0.2, 0.25) is 0 Å². The summed E-state index contributed by atoms with van der Waals surface area (Å²) in [6.45, 7) is 13.1. The highest BCUT2D eigenvalue weighted by molar-refractivity contribution is 4.89. The van der Waals surface area contributed by atoms with Crippen LogP contribution in [0.2, 0.25) is 0 Å². The largest absolute Gasteiger partial charge is 0.381 e. The first-order chi connectivity index (χ1) is 7.20. The normalized spacial score (nSPS) is 12.7. The summed E-state index contributed by atoms with van der Waals surface area (Å²) in [6, 6.07) is 0.587. The molecule has 0 aliphatic heterocycles. The van der Waals surface area contributed by atoms with Gasteiger partial charge >= 0.3 is 0 Å². The Morgan fingerprint density at radius 3 is 2.53 bits per heavy atom. The van der Waals surface area contributed by atoms with E-state index in [1.54, 1.807) is 0 Å². The average Bonchev–Trinajstić information content (AvgIpc) is 2.20. The molecule has 1 unspecified atom stereocenters. The van der Waals surface area contributed by atoms with E-state index < -0.39 is 0 Å². The summed E-state index contributed by atoms with van der Waals surface area (Å²) in [5.41, 5.74) is 1.27. The third-order valence-electron chi connectivity index (χ3n) is 2.37. The Kier molecular flexibility index (Phi) is 9.96. The zero-order valence-electron chi connectivity index (χ0n) is 10.6. The van der Waals surface area contributed by atoms with Crippen LogP contribution in [-0.2, 0) is 4.74 Å². The molecule has 90 valence electrons. The molecule has 1 atom stereocenters. The zero-order chi connectivity index (χ0) is 11.5. The zero-order valence-corrected chi connectivity index (χ0v) is 10.6. The molecule has 2 nitrogen and oxygen atoms in total. The molecule has 0 radical (unpaired) electrons. The Morgan fingerprint density at radius 1 is 1.27 bits per heavy atom. The van der Waals surface area contributed by atoms with Crippen LogP contribution >= 0.6 is 0 Å². The predicted octanol–water partition coefficient (Wildman–Crippen LogP) is 3.14. The number of hydrogen-bond donors (Lipinski definition) is 1. The van der Waals surface area contributed by atoms with Crippen LogP contribution in [0.3, 0.4) is 0 Å². The summed E-state index contributed by atoms with van der Waals surface area (Å²) < 4.78 is 5.50. The summed E-state index contributed by atoms with van der Waals surface area (Å²) in [5, 5.41) is 3.49. The van der Waals surface area contributed by atoms with Crippen LogP contribution in [0.25, 0.3) is 0 Å². The van der Waals surface area contributed by atoms with Gasteiger partial charge in [-0.3, -0.25) is 0 Å². The number of ether oxygens (including phenoxy) is 1. The molecule has 0 aliphatic rings.